The number of nitrogens with one attached hydrogen (secondary N) is 1. The Balaban J connectivity index is 2.40. The fraction of sp³-hybridized carbons (Fsp3) is 0.364. The Bertz CT molecular complexity index is 419. The number of thioether (sulfide) groups is 1. The van der Waals surface area contributed by atoms with Crippen LogP contribution in [0.25, 0.3) is 0 Å². The number of halogens is 2. The molecule has 0 aliphatic heterocycles. The molecule has 0 aliphatic rings. The van der Waals surface area contributed by atoms with E-state index in [1.54, 1.807) is 0 Å². The molecule has 4 nitrogen and oxygen atoms in total. The Morgan fingerprint density at radius 2 is 2.28 bits per heavy atom. The molecule has 7 heteroatoms. The molecule has 0 bridgehead atoms. The summed E-state index contributed by atoms with van der Waals surface area (Å²) < 4.78 is 13.3. The Hall–Kier alpha value is -0.820. The zero-order chi connectivity index (χ0) is 13.5. The van der Waals surface area contributed by atoms with Crippen LogP contribution < -0.4 is 5.32 Å². The molecule has 0 heterocycles. The van der Waals surface area contributed by atoms with E-state index in [4.69, 9.17) is 21.8 Å². The molecule has 0 spiro atoms. The van der Waals surface area contributed by atoms with Crippen molar-refractivity contribution >= 4 is 35.0 Å². The van der Waals surface area contributed by atoms with Gasteiger partial charge >= 0.3 is 0 Å². The maximum atomic E-state index is 13.3. The van der Waals surface area contributed by atoms with Gasteiger partial charge in [-0.1, -0.05) is 11.6 Å². The largest absolute Gasteiger partial charge is 0.394 e. The Labute approximate surface area is 113 Å². The molecule has 100 valence electrons. The number of rotatable bonds is 6. The minimum atomic E-state index is -0.852. The second-order valence-corrected chi connectivity index (χ2v) is 4.99. The van der Waals surface area contributed by atoms with Crippen LogP contribution in [0.4, 0.5) is 10.1 Å². The predicted molar refractivity (Wildman–Crippen MR) is 70.5 cm³/mol. The lowest BCUT2D eigenvalue weighted by Gasteiger charge is -2.08. The van der Waals surface area contributed by atoms with Crippen LogP contribution in [0.15, 0.2) is 18.2 Å². The Morgan fingerprint density at radius 3 is 2.89 bits per heavy atom. The van der Waals surface area contributed by atoms with Crippen LogP contribution in [0.2, 0.25) is 5.02 Å². The summed E-state index contributed by atoms with van der Waals surface area (Å²) in [6, 6.07) is 3.96. The van der Waals surface area contributed by atoms with Gasteiger partial charge in [0.2, 0.25) is 5.91 Å². The van der Waals surface area contributed by atoms with Crippen LogP contribution in [0.5, 0.6) is 0 Å². The highest BCUT2D eigenvalue weighted by Gasteiger charge is 2.09. The molecule has 18 heavy (non-hydrogen) atoms. The van der Waals surface area contributed by atoms with Crippen LogP contribution in [0, 0.1) is 5.82 Å². The minimum absolute atomic E-state index is 0.0627. The van der Waals surface area contributed by atoms with Crippen molar-refractivity contribution < 1.29 is 19.4 Å². The molecule has 1 rings (SSSR count). The zero-order valence-corrected chi connectivity index (χ0v) is 11.0. The van der Waals surface area contributed by atoms with Crippen molar-refractivity contribution in [2.45, 2.75) is 6.10 Å². The topological polar surface area (TPSA) is 69.6 Å². The van der Waals surface area contributed by atoms with Crippen molar-refractivity contribution in [1.82, 2.24) is 0 Å². The summed E-state index contributed by atoms with van der Waals surface area (Å²) >= 11 is 6.73. The van der Waals surface area contributed by atoms with E-state index < -0.39 is 11.9 Å². The number of hydrogen-bond acceptors (Lipinski definition) is 4. The molecule has 0 aromatic heterocycles. The molecule has 0 radical (unpaired) electrons. The average molecular weight is 294 g/mol. The Morgan fingerprint density at radius 1 is 1.56 bits per heavy atom. The normalized spacial score (nSPS) is 12.2. The molecular weight excluding hydrogens is 281 g/mol. The van der Waals surface area contributed by atoms with Crippen molar-refractivity contribution in [1.29, 1.82) is 0 Å². The molecular formula is C11H13ClFNO3S. The van der Waals surface area contributed by atoms with Crippen LogP contribution in [-0.4, -0.2) is 40.3 Å². The summed E-state index contributed by atoms with van der Waals surface area (Å²) in [5.41, 5.74) is 0.0627. The summed E-state index contributed by atoms with van der Waals surface area (Å²) in [4.78, 5) is 11.4. The predicted octanol–water partition coefficient (Wildman–Crippen LogP) is 1.50. The lowest BCUT2D eigenvalue weighted by atomic mass is 10.3. The van der Waals surface area contributed by atoms with E-state index in [2.05, 4.69) is 5.32 Å². The van der Waals surface area contributed by atoms with E-state index in [1.807, 2.05) is 0 Å². The first-order valence-electron chi connectivity index (χ1n) is 5.14. The number of benzene rings is 1. The maximum Gasteiger partial charge on any atom is 0.234 e. The van der Waals surface area contributed by atoms with Crippen LogP contribution in [-0.2, 0) is 4.79 Å². The third-order valence-electron chi connectivity index (χ3n) is 1.96. The summed E-state index contributed by atoms with van der Waals surface area (Å²) in [5, 5.41) is 20.3. The van der Waals surface area contributed by atoms with Crippen molar-refractivity contribution in [2.24, 2.45) is 0 Å². The average Bonchev–Trinajstić information content (AvgIpc) is 2.32. The summed E-state index contributed by atoms with van der Waals surface area (Å²) in [5.74, 6) is -0.672. The van der Waals surface area contributed by atoms with Gasteiger partial charge in [-0.3, -0.25) is 4.79 Å². The quantitative estimate of drug-likeness (QED) is 0.743. The van der Waals surface area contributed by atoms with Gasteiger partial charge in [0, 0.05) is 10.8 Å². The number of amides is 1. The number of anilines is 1. The monoisotopic (exact) mass is 293 g/mol. The van der Waals surface area contributed by atoms with E-state index >= 15 is 0 Å². The fourth-order valence-corrected chi connectivity index (χ4v) is 2.03. The van der Waals surface area contributed by atoms with Gasteiger partial charge in [0.15, 0.2) is 0 Å². The van der Waals surface area contributed by atoms with Crippen LogP contribution >= 0.6 is 23.4 Å². The SMILES string of the molecule is O=C(CSCC(O)CO)Nc1ccc(Cl)cc1F. The van der Waals surface area contributed by atoms with E-state index in [9.17, 15) is 9.18 Å². The van der Waals surface area contributed by atoms with E-state index in [-0.39, 0.29) is 34.7 Å². The van der Waals surface area contributed by atoms with Gasteiger partial charge in [0.25, 0.3) is 0 Å². The maximum absolute atomic E-state index is 13.3. The first kappa shape index (κ1) is 15.2. The molecule has 1 amide bonds. The van der Waals surface area contributed by atoms with Crippen molar-refractivity contribution in [3.8, 4) is 0 Å². The molecule has 0 aliphatic carbocycles. The zero-order valence-electron chi connectivity index (χ0n) is 9.40. The molecule has 1 atom stereocenters. The molecule has 1 unspecified atom stereocenters. The van der Waals surface area contributed by atoms with Crippen molar-refractivity contribution in [3.05, 3.63) is 29.0 Å². The van der Waals surface area contributed by atoms with Gasteiger partial charge < -0.3 is 15.5 Å². The number of aliphatic hydroxyl groups is 2. The number of hydrogen-bond donors (Lipinski definition) is 3. The van der Waals surface area contributed by atoms with Crippen LogP contribution in [0.1, 0.15) is 0 Å². The lowest BCUT2D eigenvalue weighted by Crippen LogP contribution is -2.19. The molecule has 0 saturated heterocycles. The number of aliphatic hydroxyl groups excluding tert-OH is 2. The van der Waals surface area contributed by atoms with Crippen LogP contribution in [0.3, 0.4) is 0 Å². The van der Waals surface area contributed by atoms with E-state index in [0.29, 0.717) is 0 Å². The van der Waals surface area contributed by atoms with Gasteiger partial charge in [0.05, 0.1) is 24.2 Å². The highest BCUT2D eigenvalue weighted by atomic mass is 35.5. The third-order valence-corrected chi connectivity index (χ3v) is 3.28. The molecule has 1 aromatic rings. The Kier molecular flexibility index (Phi) is 6.42. The van der Waals surface area contributed by atoms with Gasteiger partial charge in [0.1, 0.15) is 5.82 Å². The molecule has 1 aromatic carbocycles. The van der Waals surface area contributed by atoms with Gasteiger partial charge in [-0.05, 0) is 18.2 Å². The third kappa shape index (κ3) is 5.22. The van der Waals surface area contributed by atoms with Gasteiger partial charge in [-0.15, -0.1) is 11.8 Å². The van der Waals surface area contributed by atoms with Crippen molar-refractivity contribution in [2.75, 3.05) is 23.4 Å². The first-order valence-corrected chi connectivity index (χ1v) is 6.67. The molecule has 0 saturated carbocycles. The summed E-state index contributed by atoms with van der Waals surface area (Å²) in [7, 11) is 0. The van der Waals surface area contributed by atoms with E-state index in [0.717, 1.165) is 17.8 Å². The second kappa shape index (κ2) is 7.58. The summed E-state index contributed by atoms with van der Waals surface area (Å²) in [6.45, 7) is -0.347. The molecule has 0 fully saturated rings. The van der Waals surface area contributed by atoms with Gasteiger partial charge in [-0.25, -0.2) is 4.39 Å². The second-order valence-electron chi connectivity index (χ2n) is 3.52. The number of carbonyl (C=O) groups is 1. The highest BCUT2D eigenvalue weighted by molar-refractivity contribution is 8.00. The standard InChI is InChI=1S/C11H13ClFNO3S/c12-7-1-2-10(9(13)3-7)14-11(17)6-18-5-8(16)4-15/h1-3,8,15-16H,4-6H2,(H,14,17). The fourth-order valence-electron chi connectivity index (χ4n) is 1.12. The highest BCUT2D eigenvalue weighted by Crippen LogP contribution is 2.19. The summed E-state index contributed by atoms with van der Waals surface area (Å²) in [6.07, 6.45) is -0.852. The lowest BCUT2D eigenvalue weighted by molar-refractivity contribution is -0.113. The minimum Gasteiger partial charge on any atom is -0.394 e. The van der Waals surface area contributed by atoms with E-state index in [1.165, 1.54) is 12.1 Å². The smallest absolute Gasteiger partial charge is 0.234 e. The first-order chi connectivity index (χ1) is 8.52. The van der Waals surface area contributed by atoms with Crippen molar-refractivity contribution in [3.63, 3.8) is 0 Å². The van der Waals surface area contributed by atoms with Gasteiger partial charge in [-0.2, -0.15) is 0 Å². The number of carbonyl (C=O) groups excluding carboxylic acids is 1. The molecule has 3 N–H and O–H groups in total.